The minimum atomic E-state index is -0.366. The summed E-state index contributed by atoms with van der Waals surface area (Å²) in [5.41, 5.74) is 1.02. The second-order valence-corrected chi connectivity index (χ2v) is 6.29. The molecule has 0 spiro atoms. The van der Waals surface area contributed by atoms with Crippen LogP contribution in [0.1, 0.15) is 33.6 Å². The highest BCUT2D eigenvalue weighted by Gasteiger charge is 2.28. The summed E-state index contributed by atoms with van der Waals surface area (Å²) >= 11 is 0. The van der Waals surface area contributed by atoms with Crippen LogP contribution in [0.5, 0.6) is 0 Å². The summed E-state index contributed by atoms with van der Waals surface area (Å²) in [6.07, 6.45) is 3.23. The van der Waals surface area contributed by atoms with Crippen LogP contribution in [0.15, 0.2) is 47.4 Å². The van der Waals surface area contributed by atoms with E-state index in [4.69, 9.17) is 0 Å². The van der Waals surface area contributed by atoms with Crippen LogP contribution in [0, 0.1) is 5.92 Å². The number of amides is 3. The molecule has 0 bridgehead atoms. The second-order valence-electron chi connectivity index (χ2n) is 6.29. The monoisotopic (exact) mass is 368 g/mol. The van der Waals surface area contributed by atoms with Crippen LogP contribution in [-0.2, 0) is 4.79 Å². The van der Waals surface area contributed by atoms with E-state index in [1.165, 1.54) is 18.3 Å². The Bertz CT molecular complexity index is 880. The Morgan fingerprint density at radius 1 is 0.889 bits per heavy atom. The first-order valence-corrected chi connectivity index (χ1v) is 8.69. The molecule has 27 heavy (non-hydrogen) atoms. The predicted molar refractivity (Wildman–Crippen MR) is 99.5 cm³/mol. The lowest BCUT2D eigenvalue weighted by atomic mass is 10.2. The zero-order valence-corrected chi connectivity index (χ0v) is 14.6. The number of carbonyl (C=O) groups is 3. The van der Waals surface area contributed by atoms with Gasteiger partial charge in [-0.15, -0.1) is 0 Å². The SMILES string of the molecule is O=C(NCCNC(=O)C1CC1)c1ccc(NC(=O)c2ccc(=O)[nH]c2)cc1. The molecule has 1 fully saturated rings. The van der Waals surface area contributed by atoms with E-state index in [9.17, 15) is 19.2 Å². The van der Waals surface area contributed by atoms with Crippen LogP contribution >= 0.6 is 0 Å². The molecule has 0 unspecified atom stereocenters. The Morgan fingerprint density at radius 2 is 1.56 bits per heavy atom. The minimum absolute atomic E-state index is 0.0480. The number of aromatic nitrogens is 1. The van der Waals surface area contributed by atoms with Crippen molar-refractivity contribution < 1.29 is 14.4 Å². The van der Waals surface area contributed by atoms with Gasteiger partial charge < -0.3 is 20.9 Å². The van der Waals surface area contributed by atoms with Crippen molar-refractivity contribution in [2.24, 2.45) is 5.92 Å². The maximum absolute atomic E-state index is 12.1. The highest BCUT2D eigenvalue weighted by molar-refractivity contribution is 6.04. The van der Waals surface area contributed by atoms with E-state index < -0.39 is 0 Å². The van der Waals surface area contributed by atoms with Crippen LogP contribution in [0.3, 0.4) is 0 Å². The first-order chi connectivity index (χ1) is 13.0. The number of anilines is 1. The fraction of sp³-hybridized carbons (Fsp3) is 0.263. The van der Waals surface area contributed by atoms with Gasteiger partial charge in [-0.3, -0.25) is 19.2 Å². The van der Waals surface area contributed by atoms with Crippen molar-refractivity contribution >= 4 is 23.4 Å². The van der Waals surface area contributed by atoms with E-state index in [1.807, 2.05) is 0 Å². The molecule has 2 aromatic rings. The fourth-order valence-electron chi connectivity index (χ4n) is 2.41. The Hall–Kier alpha value is -3.42. The number of benzene rings is 1. The smallest absolute Gasteiger partial charge is 0.257 e. The van der Waals surface area contributed by atoms with E-state index in [0.29, 0.717) is 29.9 Å². The van der Waals surface area contributed by atoms with Crippen LogP contribution in [-0.4, -0.2) is 35.8 Å². The molecule has 0 saturated heterocycles. The molecule has 8 heteroatoms. The number of pyridine rings is 1. The molecule has 1 heterocycles. The molecule has 1 aromatic heterocycles. The summed E-state index contributed by atoms with van der Waals surface area (Å²) in [6.45, 7) is 0.746. The maximum atomic E-state index is 12.1. The Labute approximate surface area is 155 Å². The molecule has 0 aliphatic heterocycles. The van der Waals surface area contributed by atoms with Gasteiger partial charge in [-0.25, -0.2) is 0 Å². The summed E-state index contributed by atoms with van der Waals surface area (Å²) in [7, 11) is 0. The highest BCUT2D eigenvalue weighted by atomic mass is 16.2. The molecule has 1 aromatic carbocycles. The number of hydrogen-bond acceptors (Lipinski definition) is 4. The molecule has 1 saturated carbocycles. The van der Waals surface area contributed by atoms with Gasteiger partial charge in [0.25, 0.3) is 11.8 Å². The lowest BCUT2D eigenvalue weighted by Crippen LogP contribution is -2.35. The van der Waals surface area contributed by atoms with Gasteiger partial charge >= 0.3 is 0 Å². The largest absolute Gasteiger partial charge is 0.354 e. The summed E-state index contributed by atoms with van der Waals surface area (Å²) in [5.74, 6) is -0.421. The first-order valence-electron chi connectivity index (χ1n) is 8.69. The topological polar surface area (TPSA) is 120 Å². The molecular weight excluding hydrogens is 348 g/mol. The molecule has 8 nitrogen and oxygen atoms in total. The van der Waals surface area contributed by atoms with Gasteiger partial charge in [0, 0.05) is 42.5 Å². The van der Waals surface area contributed by atoms with Crippen molar-refractivity contribution in [3.05, 3.63) is 64.1 Å². The van der Waals surface area contributed by atoms with Crippen molar-refractivity contribution in [2.45, 2.75) is 12.8 Å². The van der Waals surface area contributed by atoms with Gasteiger partial charge in [-0.05, 0) is 43.2 Å². The van der Waals surface area contributed by atoms with E-state index in [1.54, 1.807) is 24.3 Å². The van der Waals surface area contributed by atoms with Crippen LogP contribution in [0.2, 0.25) is 0 Å². The summed E-state index contributed by atoms with van der Waals surface area (Å²) in [5, 5.41) is 8.19. The zero-order chi connectivity index (χ0) is 19.2. The molecule has 140 valence electrons. The third kappa shape index (κ3) is 5.27. The molecule has 4 N–H and O–H groups in total. The number of nitrogens with one attached hydrogen (secondary N) is 4. The molecular formula is C19H20N4O4. The van der Waals surface area contributed by atoms with Gasteiger partial charge in [0.05, 0.1) is 5.56 Å². The Balaban J connectivity index is 1.46. The van der Waals surface area contributed by atoms with Gasteiger partial charge in [-0.2, -0.15) is 0 Å². The number of aromatic amines is 1. The van der Waals surface area contributed by atoms with E-state index in [0.717, 1.165) is 12.8 Å². The van der Waals surface area contributed by atoms with Crippen molar-refractivity contribution in [3.63, 3.8) is 0 Å². The second kappa shape index (κ2) is 8.31. The minimum Gasteiger partial charge on any atom is -0.354 e. The summed E-state index contributed by atoms with van der Waals surface area (Å²) in [6, 6.07) is 9.13. The van der Waals surface area contributed by atoms with Gasteiger partial charge in [-0.1, -0.05) is 0 Å². The van der Waals surface area contributed by atoms with Crippen molar-refractivity contribution in [1.82, 2.24) is 15.6 Å². The van der Waals surface area contributed by atoms with Crippen LogP contribution in [0.25, 0.3) is 0 Å². The lowest BCUT2D eigenvalue weighted by molar-refractivity contribution is -0.122. The van der Waals surface area contributed by atoms with Gasteiger partial charge in [0.15, 0.2) is 0 Å². The number of H-pyrrole nitrogens is 1. The third-order valence-corrected chi connectivity index (χ3v) is 4.11. The van der Waals surface area contributed by atoms with Crippen molar-refractivity contribution in [2.75, 3.05) is 18.4 Å². The molecule has 3 amide bonds. The predicted octanol–water partition coefficient (Wildman–Crippen LogP) is 0.883. The highest BCUT2D eigenvalue weighted by Crippen LogP contribution is 2.28. The molecule has 3 rings (SSSR count). The van der Waals surface area contributed by atoms with Crippen LogP contribution in [0.4, 0.5) is 5.69 Å². The normalized spacial score (nSPS) is 12.9. The van der Waals surface area contributed by atoms with E-state index in [-0.39, 0.29) is 29.2 Å². The Morgan fingerprint density at radius 3 is 2.19 bits per heavy atom. The van der Waals surface area contributed by atoms with Crippen molar-refractivity contribution in [3.8, 4) is 0 Å². The van der Waals surface area contributed by atoms with Gasteiger partial charge in [0.1, 0.15) is 0 Å². The van der Waals surface area contributed by atoms with E-state index in [2.05, 4.69) is 20.9 Å². The molecule has 0 atom stereocenters. The average molecular weight is 368 g/mol. The average Bonchev–Trinajstić information content (AvgIpc) is 3.51. The third-order valence-electron chi connectivity index (χ3n) is 4.11. The van der Waals surface area contributed by atoms with Crippen molar-refractivity contribution in [1.29, 1.82) is 0 Å². The molecule has 1 aliphatic rings. The quantitative estimate of drug-likeness (QED) is 0.542. The molecule has 1 aliphatic carbocycles. The first kappa shape index (κ1) is 18.4. The maximum Gasteiger partial charge on any atom is 0.257 e. The summed E-state index contributed by atoms with van der Waals surface area (Å²) in [4.78, 5) is 49.1. The standard InChI is InChI=1S/C19H20N4O4/c24-16-8-5-14(11-22-16)19(27)23-15-6-3-13(4-7-15)18(26)21-10-9-20-17(25)12-1-2-12/h3-8,11-12H,1-2,9-10H2,(H,20,25)(H,21,26)(H,22,24)(H,23,27). The Kier molecular flexibility index (Phi) is 5.65. The summed E-state index contributed by atoms with van der Waals surface area (Å²) < 4.78 is 0. The number of rotatable bonds is 7. The zero-order valence-electron chi connectivity index (χ0n) is 14.6. The number of carbonyl (C=O) groups excluding carboxylic acids is 3. The number of hydrogen-bond donors (Lipinski definition) is 4. The molecule has 0 radical (unpaired) electrons. The lowest BCUT2D eigenvalue weighted by Gasteiger charge is -2.08. The van der Waals surface area contributed by atoms with Crippen LogP contribution < -0.4 is 21.5 Å². The van der Waals surface area contributed by atoms with Gasteiger partial charge in [0.2, 0.25) is 11.5 Å². The van der Waals surface area contributed by atoms with E-state index >= 15 is 0 Å². The fourth-order valence-corrected chi connectivity index (χ4v) is 2.41.